The number of carbonyl (C=O) groups is 1. The Bertz CT molecular complexity index is 350. The molecule has 6 nitrogen and oxygen atoms in total. The number of sulfonamides is 1. The van der Waals surface area contributed by atoms with Crippen LogP contribution in [-0.4, -0.2) is 50.1 Å². The molecule has 0 aromatic rings. The largest absolute Gasteiger partial charge is 0.369 e. The van der Waals surface area contributed by atoms with E-state index in [2.05, 4.69) is 5.32 Å². The zero-order valence-electron chi connectivity index (χ0n) is 10.2. The molecular formula is C10H21N3O3S. The quantitative estimate of drug-likeness (QED) is 0.660. The van der Waals surface area contributed by atoms with Crippen molar-refractivity contribution < 1.29 is 13.2 Å². The summed E-state index contributed by atoms with van der Waals surface area (Å²) in [6, 6.07) is -0.0969. The highest BCUT2D eigenvalue weighted by Gasteiger charge is 2.31. The van der Waals surface area contributed by atoms with Crippen LogP contribution in [0.25, 0.3) is 0 Å². The molecule has 1 aliphatic heterocycles. The number of nitrogens with two attached hydrogens (primary N) is 1. The normalized spacial score (nSPS) is 18.5. The third kappa shape index (κ3) is 4.25. The molecule has 0 saturated carbocycles. The number of rotatable bonds is 6. The topological polar surface area (TPSA) is 92.5 Å². The third-order valence-electron chi connectivity index (χ3n) is 2.85. The Labute approximate surface area is 103 Å². The molecule has 0 aliphatic carbocycles. The minimum atomic E-state index is -3.36. The second kappa shape index (κ2) is 6.32. The fourth-order valence-corrected chi connectivity index (χ4v) is 3.82. The molecule has 1 heterocycles. The number of hydrogen-bond acceptors (Lipinski definition) is 4. The average molecular weight is 263 g/mol. The van der Waals surface area contributed by atoms with Crippen LogP contribution in [0, 0.1) is 0 Å². The van der Waals surface area contributed by atoms with Crippen LogP contribution in [-0.2, 0) is 14.8 Å². The Kier molecular flexibility index (Phi) is 5.35. The molecular weight excluding hydrogens is 242 g/mol. The molecule has 0 aromatic carbocycles. The van der Waals surface area contributed by atoms with E-state index in [1.807, 2.05) is 6.92 Å². The lowest BCUT2D eigenvalue weighted by atomic mass is 10.1. The maximum atomic E-state index is 12.1. The first kappa shape index (κ1) is 14.4. The van der Waals surface area contributed by atoms with Crippen molar-refractivity contribution in [2.75, 3.05) is 25.4 Å². The van der Waals surface area contributed by atoms with Gasteiger partial charge in [-0.2, -0.15) is 4.31 Å². The third-order valence-corrected chi connectivity index (χ3v) is 4.91. The van der Waals surface area contributed by atoms with E-state index in [4.69, 9.17) is 5.73 Å². The zero-order chi connectivity index (χ0) is 12.9. The monoisotopic (exact) mass is 263 g/mol. The van der Waals surface area contributed by atoms with Crippen LogP contribution in [0.2, 0.25) is 0 Å². The predicted molar refractivity (Wildman–Crippen MR) is 65.9 cm³/mol. The van der Waals surface area contributed by atoms with Gasteiger partial charge in [-0.05, 0) is 32.4 Å². The summed E-state index contributed by atoms with van der Waals surface area (Å²) in [5.74, 6) is -0.521. The summed E-state index contributed by atoms with van der Waals surface area (Å²) in [6.45, 7) is 3.17. The van der Waals surface area contributed by atoms with Gasteiger partial charge in [-0.3, -0.25) is 4.79 Å². The van der Waals surface area contributed by atoms with Gasteiger partial charge >= 0.3 is 0 Å². The van der Waals surface area contributed by atoms with E-state index in [0.29, 0.717) is 6.42 Å². The van der Waals surface area contributed by atoms with Crippen LogP contribution in [0.5, 0.6) is 0 Å². The van der Waals surface area contributed by atoms with Gasteiger partial charge in [0, 0.05) is 6.04 Å². The number of hydrogen-bond donors (Lipinski definition) is 2. The van der Waals surface area contributed by atoms with Crippen LogP contribution >= 0.6 is 0 Å². The zero-order valence-corrected chi connectivity index (χ0v) is 11.0. The first-order valence-corrected chi connectivity index (χ1v) is 7.57. The summed E-state index contributed by atoms with van der Waals surface area (Å²) in [4.78, 5) is 11.0. The summed E-state index contributed by atoms with van der Waals surface area (Å²) >= 11 is 0. The van der Waals surface area contributed by atoms with Gasteiger partial charge in [-0.15, -0.1) is 0 Å². The van der Waals surface area contributed by atoms with Crippen molar-refractivity contribution in [1.29, 1.82) is 0 Å². The summed E-state index contributed by atoms with van der Waals surface area (Å²) in [7, 11) is -3.36. The van der Waals surface area contributed by atoms with Crippen LogP contribution in [0.4, 0.5) is 0 Å². The first-order valence-electron chi connectivity index (χ1n) is 5.96. The number of carbonyl (C=O) groups excluding carboxylic acids is 1. The van der Waals surface area contributed by atoms with Crippen molar-refractivity contribution in [1.82, 2.24) is 9.62 Å². The van der Waals surface area contributed by atoms with Crippen molar-refractivity contribution in [2.45, 2.75) is 32.2 Å². The van der Waals surface area contributed by atoms with E-state index in [1.165, 1.54) is 4.31 Å². The average Bonchev–Trinajstić information content (AvgIpc) is 2.26. The lowest BCUT2D eigenvalue weighted by Crippen LogP contribution is -2.49. The van der Waals surface area contributed by atoms with Crippen molar-refractivity contribution in [2.24, 2.45) is 5.73 Å². The molecule has 17 heavy (non-hydrogen) atoms. The van der Waals surface area contributed by atoms with E-state index < -0.39 is 15.9 Å². The van der Waals surface area contributed by atoms with E-state index in [1.54, 1.807) is 0 Å². The number of piperidine rings is 1. The summed E-state index contributed by atoms with van der Waals surface area (Å²) in [6.07, 6.45) is 2.01. The number of amides is 1. The SMILES string of the molecule is CCCS(=O)(=O)N(CC(N)=O)C1CCNCC1. The molecule has 3 N–H and O–H groups in total. The number of primary amides is 1. The Hall–Kier alpha value is -0.660. The van der Waals surface area contributed by atoms with E-state index in [0.717, 1.165) is 25.9 Å². The highest BCUT2D eigenvalue weighted by Crippen LogP contribution is 2.16. The molecule has 1 aliphatic rings. The smallest absolute Gasteiger partial charge is 0.232 e. The molecule has 100 valence electrons. The summed E-state index contributed by atoms with van der Waals surface area (Å²) in [5, 5.41) is 3.17. The van der Waals surface area contributed by atoms with Crippen LogP contribution in [0.15, 0.2) is 0 Å². The fourth-order valence-electron chi connectivity index (χ4n) is 2.08. The predicted octanol–water partition coefficient (Wildman–Crippen LogP) is -0.734. The maximum absolute atomic E-state index is 12.1. The first-order chi connectivity index (χ1) is 7.97. The Balaban J connectivity index is 2.81. The van der Waals surface area contributed by atoms with Gasteiger partial charge in [0.25, 0.3) is 0 Å². The number of nitrogens with one attached hydrogen (secondary N) is 1. The Morgan fingerprint density at radius 2 is 2.00 bits per heavy atom. The van der Waals surface area contributed by atoms with E-state index in [9.17, 15) is 13.2 Å². The Morgan fingerprint density at radius 1 is 1.41 bits per heavy atom. The highest BCUT2D eigenvalue weighted by atomic mass is 32.2. The summed E-state index contributed by atoms with van der Waals surface area (Å²) < 4.78 is 25.4. The van der Waals surface area contributed by atoms with Gasteiger partial charge in [-0.1, -0.05) is 6.92 Å². The van der Waals surface area contributed by atoms with Gasteiger partial charge < -0.3 is 11.1 Å². The summed E-state index contributed by atoms with van der Waals surface area (Å²) in [5.41, 5.74) is 5.13. The van der Waals surface area contributed by atoms with Crippen molar-refractivity contribution >= 4 is 15.9 Å². The van der Waals surface area contributed by atoms with Crippen molar-refractivity contribution in [3.63, 3.8) is 0 Å². The van der Waals surface area contributed by atoms with Crippen LogP contribution < -0.4 is 11.1 Å². The lowest BCUT2D eigenvalue weighted by molar-refractivity contribution is -0.118. The standard InChI is InChI=1S/C10H21N3O3S/c1-2-7-17(15,16)13(8-10(11)14)9-3-5-12-6-4-9/h9,12H,2-8H2,1H3,(H2,11,14). The van der Waals surface area contributed by atoms with Crippen LogP contribution in [0.3, 0.4) is 0 Å². The van der Waals surface area contributed by atoms with Gasteiger partial charge in [0.05, 0.1) is 12.3 Å². The molecule has 7 heteroatoms. The van der Waals surface area contributed by atoms with E-state index >= 15 is 0 Å². The van der Waals surface area contributed by atoms with Crippen LogP contribution in [0.1, 0.15) is 26.2 Å². The molecule has 0 radical (unpaired) electrons. The van der Waals surface area contributed by atoms with Crippen molar-refractivity contribution in [3.8, 4) is 0 Å². The molecule has 0 aromatic heterocycles. The maximum Gasteiger partial charge on any atom is 0.232 e. The van der Waals surface area contributed by atoms with Gasteiger partial charge in [-0.25, -0.2) is 8.42 Å². The van der Waals surface area contributed by atoms with Crippen molar-refractivity contribution in [3.05, 3.63) is 0 Å². The molecule has 0 unspecified atom stereocenters. The molecule has 1 amide bonds. The molecule has 0 spiro atoms. The van der Waals surface area contributed by atoms with Gasteiger partial charge in [0.15, 0.2) is 0 Å². The Morgan fingerprint density at radius 3 is 2.47 bits per heavy atom. The second-order valence-electron chi connectivity index (χ2n) is 4.31. The van der Waals surface area contributed by atoms with Gasteiger partial charge in [0.2, 0.25) is 15.9 Å². The van der Waals surface area contributed by atoms with E-state index in [-0.39, 0.29) is 18.3 Å². The molecule has 1 fully saturated rings. The minimum absolute atomic E-state index is 0.0736. The molecule has 0 atom stereocenters. The molecule has 1 rings (SSSR count). The highest BCUT2D eigenvalue weighted by molar-refractivity contribution is 7.89. The lowest BCUT2D eigenvalue weighted by Gasteiger charge is -2.32. The van der Waals surface area contributed by atoms with Gasteiger partial charge in [0.1, 0.15) is 0 Å². The molecule has 0 bridgehead atoms. The molecule has 1 saturated heterocycles. The fraction of sp³-hybridized carbons (Fsp3) is 0.900. The minimum Gasteiger partial charge on any atom is -0.369 e. The number of nitrogens with zero attached hydrogens (tertiary/aromatic N) is 1. The second-order valence-corrected chi connectivity index (χ2v) is 6.35.